The van der Waals surface area contributed by atoms with Crippen LogP contribution in [0.5, 0.6) is 0 Å². The Hall–Kier alpha value is -1.13. The van der Waals surface area contributed by atoms with Crippen LogP contribution in [0.25, 0.3) is 0 Å². The molecule has 4 heteroatoms. The lowest BCUT2D eigenvalue weighted by Gasteiger charge is -2.07. The SMILES string of the molecule is CC(C=CCCC(O)S(C)(=O)=O)CCCc1ccccc1. The van der Waals surface area contributed by atoms with E-state index in [1.54, 1.807) is 0 Å². The molecule has 0 aliphatic rings. The van der Waals surface area contributed by atoms with Crippen LogP contribution < -0.4 is 0 Å². The Balaban J connectivity index is 2.18. The number of rotatable bonds is 9. The molecule has 1 aromatic rings. The van der Waals surface area contributed by atoms with Gasteiger partial charge in [0, 0.05) is 6.26 Å². The predicted octanol–water partition coefficient (Wildman–Crippen LogP) is 3.34. The number of hydrogen-bond donors (Lipinski definition) is 1. The second-order valence-electron chi connectivity index (χ2n) is 5.64. The lowest BCUT2D eigenvalue weighted by Crippen LogP contribution is -2.18. The third-order valence-corrected chi connectivity index (χ3v) is 4.73. The van der Waals surface area contributed by atoms with Crippen LogP contribution in [0.4, 0.5) is 0 Å². The Morgan fingerprint density at radius 1 is 1.19 bits per heavy atom. The molecule has 0 bridgehead atoms. The zero-order valence-corrected chi connectivity index (χ0v) is 13.7. The fraction of sp³-hybridized carbons (Fsp3) is 0.529. The molecule has 0 aliphatic carbocycles. The molecule has 2 unspecified atom stereocenters. The van der Waals surface area contributed by atoms with Gasteiger partial charge in [-0.2, -0.15) is 0 Å². The van der Waals surface area contributed by atoms with Crippen LogP contribution in [0.15, 0.2) is 42.5 Å². The average molecular weight is 310 g/mol. The molecule has 2 atom stereocenters. The molecule has 0 aromatic heterocycles. The summed E-state index contributed by atoms with van der Waals surface area (Å²) in [6, 6.07) is 10.4. The molecule has 0 spiro atoms. The van der Waals surface area contributed by atoms with Crippen molar-refractivity contribution in [3.8, 4) is 0 Å². The summed E-state index contributed by atoms with van der Waals surface area (Å²) in [6.45, 7) is 2.16. The number of aryl methyl sites for hydroxylation is 1. The number of aliphatic hydroxyl groups is 1. The van der Waals surface area contributed by atoms with Gasteiger partial charge in [0.25, 0.3) is 0 Å². The molecular weight excluding hydrogens is 284 g/mol. The third-order valence-electron chi connectivity index (χ3n) is 3.51. The summed E-state index contributed by atoms with van der Waals surface area (Å²) < 4.78 is 22.1. The van der Waals surface area contributed by atoms with Crippen LogP contribution in [0.2, 0.25) is 0 Å². The van der Waals surface area contributed by atoms with E-state index in [1.807, 2.05) is 12.1 Å². The quantitative estimate of drug-likeness (QED) is 0.712. The minimum atomic E-state index is -3.33. The van der Waals surface area contributed by atoms with Crippen LogP contribution in [-0.2, 0) is 16.3 Å². The molecule has 1 rings (SSSR count). The van der Waals surface area contributed by atoms with Crippen molar-refractivity contribution in [2.24, 2.45) is 5.92 Å². The lowest BCUT2D eigenvalue weighted by molar-refractivity contribution is 0.240. The summed E-state index contributed by atoms with van der Waals surface area (Å²) in [5.74, 6) is 0.476. The topological polar surface area (TPSA) is 54.4 Å². The number of allylic oxidation sites excluding steroid dienone is 2. The van der Waals surface area contributed by atoms with Gasteiger partial charge >= 0.3 is 0 Å². The number of hydrogen-bond acceptors (Lipinski definition) is 3. The average Bonchev–Trinajstić information content (AvgIpc) is 2.43. The van der Waals surface area contributed by atoms with E-state index in [1.165, 1.54) is 5.56 Å². The van der Waals surface area contributed by atoms with E-state index in [2.05, 4.69) is 37.3 Å². The molecule has 1 N–H and O–H groups in total. The van der Waals surface area contributed by atoms with Crippen molar-refractivity contribution in [1.29, 1.82) is 0 Å². The Morgan fingerprint density at radius 3 is 2.48 bits per heavy atom. The van der Waals surface area contributed by atoms with Crippen LogP contribution in [0.1, 0.15) is 38.2 Å². The van der Waals surface area contributed by atoms with Crippen LogP contribution in [0, 0.1) is 5.92 Å². The second-order valence-corrected chi connectivity index (χ2v) is 7.85. The molecule has 0 saturated carbocycles. The Kier molecular flexibility index (Phi) is 7.68. The smallest absolute Gasteiger partial charge is 0.173 e. The molecular formula is C17H26O3S. The van der Waals surface area contributed by atoms with Crippen molar-refractivity contribution in [3.63, 3.8) is 0 Å². The fourth-order valence-corrected chi connectivity index (χ4v) is 2.71. The first kappa shape index (κ1) is 17.9. The van der Waals surface area contributed by atoms with Gasteiger partial charge in [-0.05, 0) is 43.6 Å². The Labute approximate surface area is 128 Å². The summed E-state index contributed by atoms with van der Waals surface area (Å²) in [4.78, 5) is 0. The van der Waals surface area contributed by atoms with Gasteiger partial charge in [0.15, 0.2) is 15.3 Å². The minimum absolute atomic E-state index is 0.270. The van der Waals surface area contributed by atoms with Crippen LogP contribution in [0.3, 0.4) is 0 Å². The Morgan fingerprint density at radius 2 is 1.86 bits per heavy atom. The molecule has 21 heavy (non-hydrogen) atoms. The van der Waals surface area contributed by atoms with Crippen molar-refractivity contribution >= 4 is 9.84 Å². The summed E-state index contributed by atoms with van der Waals surface area (Å²) in [6.07, 6.45) is 9.35. The zero-order valence-electron chi connectivity index (χ0n) is 12.9. The van der Waals surface area contributed by atoms with Crippen molar-refractivity contribution < 1.29 is 13.5 Å². The van der Waals surface area contributed by atoms with E-state index < -0.39 is 15.3 Å². The molecule has 0 amide bonds. The van der Waals surface area contributed by atoms with Gasteiger partial charge < -0.3 is 5.11 Å². The first-order valence-electron chi connectivity index (χ1n) is 7.47. The van der Waals surface area contributed by atoms with Crippen molar-refractivity contribution in [3.05, 3.63) is 48.0 Å². The van der Waals surface area contributed by atoms with Crippen LogP contribution in [-0.4, -0.2) is 25.2 Å². The molecule has 0 aliphatic heterocycles. The van der Waals surface area contributed by atoms with Gasteiger partial charge in [-0.3, -0.25) is 0 Å². The second kappa shape index (κ2) is 9.00. The van der Waals surface area contributed by atoms with Gasteiger partial charge in [0.2, 0.25) is 0 Å². The first-order valence-corrected chi connectivity index (χ1v) is 9.42. The summed E-state index contributed by atoms with van der Waals surface area (Å²) in [5.41, 5.74) is 0.125. The van der Waals surface area contributed by atoms with E-state index in [-0.39, 0.29) is 6.42 Å². The first-order chi connectivity index (χ1) is 9.89. The van der Waals surface area contributed by atoms with Crippen molar-refractivity contribution in [2.75, 3.05) is 6.26 Å². The van der Waals surface area contributed by atoms with Gasteiger partial charge in [0.1, 0.15) is 0 Å². The minimum Gasteiger partial charge on any atom is -0.377 e. The zero-order chi connectivity index (χ0) is 15.7. The van der Waals surface area contributed by atoms with Crippen molar-refractivity contribution in [2.45, 2.75) is 44.5 Å². The van der Waals surface area contributed by atoms with Gasteiger partial charge in [-0.1, -0.05) is 49.4 Å². The van der Waals surface area contributed by atoms with E-state index in [0.717, 1.165) is 25.5 Å². The summed E-state index contributed by atoms with van der Waals surface area (Å²) in [5, 5.41) is 9.40. The highest BCUT2D eigenvalue weighted by atomic mass is 32.2. The maximum Gasteiger partial charge on any atom is 0.173 e. The number of sulfone groups is 1. The molecule has 3 nitrogen and oxygen atoms in total. The highest BCUT2D eigenvalue weighted by Crippen LogP contribution is 2.13. The standard InChI is InChI=1S/C17H26O3S/c1-15(9-6-7-14-17(18)21(2,19)20)10-8-13-16-11-4-3-5-12-16/h3-6,9,11-12,15,17-18H,7-8,10,13-14H2,1-2H3. The molecule has 0 saturated heterocycles. The molecule has 0 radical (unpaired) electrons. The molecule has 118 valence electrons. The summed E-state index contributed by atoms with van der Waals surface area (Å²) in [7, 11) is -3.33. The maximum atomic E-state index is 11.1. The molecule has 0 fully saturated rings. The van der Waals surface area contributed by atoms with Gasteiger partial charge in [0.05, 0.1) is 0 Å². The highest BCUT2D eigenvalue weighted by molar-refractivity contribution is 7.91. The number of aliphatic hydroxyl groups excluding tert-OH is 1. The van der Waals surface area contributed by atoms with E-state index in [0.29, 0.717) is 12.3 Å². The summed E-state index contributed by atoms with van der Waals surface area (Å²) >= 11 is 0. The molecule has 0 heterocycles. The predicted molar refractivity (Wildman–Crippen MR) is 87.8 cm³/mol. The monoisotopic (exact) mass is 310 g/mol. The maximum absolute atomic E-state index is 11.1. The normalized spacial score (nSPS) is 15.2. The van der Waals surface area contributed by atoms with Gasteiger partial charge in [-0.15, -0.1) is 0 Å². The van der Waals surface area contributed by atoms with Crippen LogP contribution >= 0.6 is 0 Å². The van der Waals surface area contributed by atoms with E-state index in [4.69, 9.17) is 0 Å². The third kappa shape index (κ3) is 8.02. The highest BCUT2D eigenvalue weighted by Gasteiger charge is 2.15. The van der Waals surface area contributed by atoms with E-state index in [9.17, 15) is 13.5 Å². The van der Waals surface area contributed by atoms with E-state index >= 15 is 0 Å². The lowest BCUT2D eigenvalue weighted by atomic mass is 10.0. The fourth-order valence-electron chi connectivity index (χ4n) is 2.15. The largest absolute Gasteiger partial charge is 0.377 e. The van der Waals surface area contributed by atoms with Crippen molar-refractivity contribution in [1.82, 2.24) is 0 Å². The Bertz CT molecular complexity index is 520. The molecule has 1 aromatic carbocycles. The number of benzene rings is 1. The van der Waals surface area contributed by atoms with Gasteiger partial charge in [-0.25, -0.2) is 8.42 Å².